The van der Waals surface area contributed by atoms with E-state index in [4.69, 9.17) is 19.0 Å². The van der Waals surface area contributed by atoms with Crippen LogP contribution >= 0.6 is 0 Å². The number of rotatable bonds is 8. The Morgan fingerprint density at radius 3 is 2.19 bits per heavy atom. The van der Waals surface area contributed by atoms with Crippen LogP contribution in [0.5, 0.6) is 11.5 Å². The minimum Gasteiger partial charge on any atom is -0.493 e. The first-order valence-corrected chi connectivity index (χ1v) is 10.6. The molecule has 1 aromatic heterocycles. The monoisotopic (exact) mass is 447 g/mol. The zero-order valence-electron chi connectivity index (χ0n) is 17.2. The maximum Gasteiger partial charge on any atom is 0.321 e. The molecule has 0 aliphatic carbocycles. The molecule has 10 nitrogen and oxygen atoms in total. The SMILES string of the molecule is COc1ccc(-c2nnc(-c3ccc(C)c(S(=O)(=O)NC(C)C(=O)O)c3)o2)cc1OC. The van der Waals surface area contributed by atoms with Crippen LogP contribution < -0.4 is 14.2 Å². The van der Waals surface area contributed by atoms with Gasteiger partial charge in [0.25, 0.3) is 0 Å². The van der Waals surface area contributed by atoms with Crippen molar-refractivity contribution < 1.29 is 32.2 Å². The summed E-state index contributed by atoms with van der Waals surface area (Å²) in [5, 5.41) is 17.0. The number of carboxylic acid groups (broad SMARTS) is 1. The highest BCUT2D eigenvalue weighted by Crippen LogP contribution is 2.33. The van der Waals surface area contributed by atoms with E-state index in [1.54, 1.807) is 37.3 Å². The van der Waals surface area contributed by atoms with Gasteiger partial charge in [-0.1, -0.05) is 6.07 Å². The van der Waals surface area contributed by atoms with Crippen LogP contribution in [-0.2, 0) is 14.8 Å². The highest BCUT2D eigenvalue weighted by Gasteiger charge is 2.24. The quantitative estimate of drug-likeness (QED) is 0.533. The molecule has 0 saturated carbocycles. The lowest BCUT2D eigenvalue weighted by Crippen LogP contribution is -2.38. The van der Waals surface area contributed by atoms with E-state index in [1.807, 2.05) is 0 Å². The largest absolute Gasteiger partial charge is 0.493 e. The van der Waals surface area contributed by atoms with Gasteiger partial charge in [-0.15, -0.1) is 10.2 Å². The van der Waals surface area contributed by atoms with E-state index < -0.39 is 22.0 Å². The van der Waals surface area contributed by atoms with Gasteiger partial charge < -0.3 is 19.0 Å². The third kappa shape index (κ3) is 4.67. The van der Waals surface area contributed by atoms with Crippen LogP contribution in [0.15, 0.2) is 45.7 Å². The summed E-state index contributed by atoms with van der Waals surface area (Å²) in [6, 6.07) is 8.39. The number of aromatic nitrogens is 2. The number of sulfonamides is 1. The van der Waals surface area contributed by atoms with Crippen LogP contribution in [0.1, 0.15) is 12.5 Å². The molecule has 3 rings (SSSR count). The van der Waals surface area contributed by atoms with Crippen molar-refractivity contribution in [3.05, 3.63) is 42.0 Å². The highest BCUT2D eigenvalue weighted by atomic mass is 32.2. The number of nitrogens with one attached hydrogen (secondary N) is 1. The number of aryl methyl sites for hydroxylation is 1. The van der Waals surface area contributed by atoms with Crippen LogP contribution in [0.2, 0.25) is 0 Å². The minimum atomic E-state index is -4.08. The molecule has 31 heavy (non-hydrogen) atoms. The summed E-state index contributed by atoms with van der Waals surface area (Å²) in [5.41, 5.74) is 1.40. The first-order chi connectivity index (χ1) is 14.7. The predicted molar refractivity (Wildman–Crippen MR) is 110 cm³/mol. The van der Waals surface area contributed by atoms with Gasteiger partial charge in [-0.25, -0.2) is 8.42 Å². The molecule has 0 saturated heterocycles. The Kier molecular flexibility index (Phi) is 6.27. The van der Waals surface area contributed by atoms with Gasteiger partial charge in [-0.2, -0.15) is 4.72 Å². The number of methoxy groups -OCH3 is 2. The Balaban J connectivity index is 1.96. The van der Waals surface area contributed by atoms with E-state index in [1.165, 1.54) is 27.2 Å². The van der Waals surface area contributed by atoms with Crippen molar-refractivity contribution >= 4 is 16.0 Å². The van der Waals surface area contributed by atoms with Gasteiger partial charge in [0.15, 0.2) is 11.5 Å². The molecule has 2 aromatic carbocycles. The molecule has 11 heteroatoms. The fourth-order valence-electron chi connectivity index (χ4n) is 2.80. The Morgan fingerprint density at radius 1 is 1.03 bits per heavy atom. The lowest BCUT2D eigenvalue weighted by molar-refractivity contribution is -0.138. The molecule has 1 unspecified atom stereocenters. The average Bonchev–Trinajstić information content (AvgIpc) is 3.23. The maximum absolute atomic E-state index is 12.6. The topological polar surface area (TPSA) is 141 Å². The van der Waals surface area contributed by atoms with E-state index in [9.17, 15) is 13.2 Å². The molecule has 0 spiro atoms. The maximum atomic E-state index is 12.6. The Bertz CT molecular complexity index is 1220. The predicted octanol–water partition coefficient (Wildman–Crippen LogP) is 2.48. The highest BCUT2D eigenvalue weighted by molar-refractivity contribution is 7.89. The first kappa shape index (κ1) is 22.2. The molecule has 1 atom stereocenters. The summed E-state index contributed by atoms with van der Waals surface area (Å²) in [6.07, 6.45) is 0. The van der Waals surface area contributed by atoms with Crippen molar-refractivity contribution in [2.75, 3.05) is 14.2 Å². The molecule has 164 valence electrons. The van der Waals surface area contributed by atoms with E-state index >= 15 is 0 Å². The smallest absolute Gasteiger partial charge is 0.321 e. The normalized spacial score (nSPS) is 12.4. The van der Waals surface area contributed by atoms with Crippen molar-refractivity contribution in [2.45, 2.75) is 24.8 Å². The fourth-order valence-corrected chi connectivity index (χ4v) is 4.26. The van der Waals surface area contributed by atoms with Crippen molar-refractivity contribution in [1.82, 2.24) is 14.9 Å². The molecule has 1 heterocycles. The number of carboxylic acids is 1. The number of nitrogens with zero attached hydrogens (tertiary/aromatic N) is 2. The summed E-state index contributed by atoms with van der Waals surface area (Å²) >= 11 is 0. The second-order valence-electron chi connectivity index (χ2n) is 6.64. The van der Waals surface area contributed by atoms with Crippen molar-refractivity contribution in [1.29, 1.82) is 0 Å². The molecule has 0 aliphatic heterocycles. The molecule has 0 amide bonds. The molecular weight excluding hydrogens is 426 g/mol. The number of hydrogen-bond donors (Lipinski definition) is 2. The van der Waals surface area contributed by atoms with Crippen LogP contribution in [0.25, 0.3) is 22.9 Å². The molecule has 0 aliphatic rings. The van der Waals surface area contributed by atoms with Crippen molar-refractivity contribution in [2.24, 2.45) is 0 Å². The summed E-state index contributed by atoms with van der Waals surface area (Å²) < 4.78 is 43.6. The van der Waals surface area contributed by atoms with Crippen molar-refractivity contribution in [3.63, 3.8) is 0 Å². The first-order valence-electron chi connectivity index (χ1n) is 9.08. The third-order valence-corrected chi connectivity index (χ3v) is 6.17. The van der Waals surface area contributed by atoms with Gasteiger partial charge >= 0.3 is 5.97 Å². The summed E-state index contributed by atoms with van der Waals surface area (Å²) in [5.74, 6) is 0.0597. The van der Waals surface area contributed by atoms with Crippen molar-refractivity contribution in [3.8, 4) is 34.4 Å². The fraction of sp³-hybridized carbons (Fsp3) is 0.250. The standard InChI is InChI=1S/C20H21N3O7S/c1-11-5-6-14(10-17(11)31(26,27)23-12(2)20(24)25)19-22-21-18(30-19)13-7-8-15(28-3)16(9-13)29-4/h5-10,12,23H,1-4H3,(H,24,25). The lowest BCUT2D eigenvalue weighted by Gasteiger charge is -2.12. The number of benzene rings is 2. The second kappa shape index (κ2) is 8.74. The van der Waals surface area contributed by atoms with Crippen LogP contribution in [0.3, 0.4) is 0 Å². The third-order valence-electron chi connectivity index (χ3n) is 4.48. The summed E-state index contributed by atoms with van der Waals surface area (Å²) in [7, 11) is -1.05. The molecule has 0 bridgehead atoms. The Morgan fingerprint density at radius 2 is 1.61 bits per heavy atom. The van der Waals surface area contributed by atoms with Gasteiger partial charge in [-0.3, -0.25) is 4.79 Å². The lowest BCUT2D eigenvalue weighted by atomic mass is 10.1. The van der Waals surface area contributed by atoms with E-state index in [0.29, 0.717) is 28.2 Å². The zero-order valence-corrected chi connectivity index (χ0v) is 18.1. The molecular formula is C20H21N3O7S. The summed E-state index contributed by atoms with van der Waals surface area (Å²) in [6.45, 7) is 2.85. The van der Waals surface area contributed by atoms with E-state index in [0.717, 1.165) is 0 Å². The Hall–Kier alpha value is -3.44. The number of ether oxygens (including phenoxy) is 2. The van der Waals surface area contributed by atoms with Gasteiger partial charge in [-0.05, 0) is 49.7 Å². The van der Waals surface area contributed by atoms with Crippen LogP contribution in [0.4, 0.5) is 0 Å². The molecule has 0 fully saturated rings. The van der Waals surface area contributed by atoms with E-state index in [-0.39, 0.29) is 16.7 Å². The van der Waals surface area contributed by atoms with Gasteiger partial charge in [0.1, 0.15) is 6.04 Å². The van der Waals surface area contributed by atoms with Crippen LogP contribution in [0, 0.1) is 6.92 Å². The second-order valence-corrected chi connectivity index (χ2v) is 8.33. The van der Waals surface area contributed by atoms with Gasteiger partial charge in [0.2, 0.25) is 21.8 Å². The van der Waals surface area contributed by atoms with Gasteiger partial charge in [0, 0.05) is 11.1 Å². The van der Waals surface area contributed by atoms with Crippen LogP contribution in [-0.4, -0.2) is 50.0 Å². The number of carbonyl (C=O) groups is 1. The number of aliphatic carboxylic acids is 1. The summed E-state index contributed by atoms with van der Waals surface area (Å²) in [4.78, 5) is 10.9. The number of hydrogen-bond acceptors (Lipinski definition) is 8. The zero-order chi connectivity index (χ0) is 22.8. The molecule has 3 aromatic rings. The minimum absolute atomic E-state index is 0.0797. The average molecular weight is 447 g/mol. The molecule has 2 N–H and O–H groups in total. The Labute approximate surface area is 178 Å². The van der Waals surface area contributed by atoms with E-state index in [2.05, 4.69) is 14.9 Å². The molecule has 0 radical (unpaired) electrons. The van der Waals surface area contributed by atoms with Gasteiger partial charge in [0.05, 0.1) is 19.1 Å².